The Bertz CT molecular complexity index is 483. The second-order valence-electron chi connectivity index (χ2n) is 4.39. The summed E-state index contributed by atoms with van der Waals surface area (Å²) in [5, 5.41) is 0. The van der Waals surface area contributed by atoms with Crippen LogP contribution >= 0.6 is 12.2 Å². The quantitative estimate of drug-likeness (QED) is 0.656. The number of ether oxygens (including phenoxy) is 1. The van der Waals surface area contributed by atoms with E-state index in [0.717, 1.165) is 6.42 Å². The van der Waals surface area contributed by atoms with Crippen LogP contribution in [0.15, 0.2) is 6.20 Å². The number of carbonyl (C=O) groups is 1. The summed E-state index contributed by atoms with van der Waals surface area (Å²) < 4.78 is 7.00. The highest BCUT2D eigenvalue weighted by molar-refractivity contribution is 7.71. The molecule has 1 heterocycles. The molecule has 1 aromatic heterocycles. The lowest BCUT2D eigenvalue weighted by Crippen LogP contribution is -2.17. The highest BCUT2D eigenvalue weighted by Gasteiger charge is 2.14. The van der Waals surface area contributed by atoms with Crippen molar-refractivity contribution in [2.24, 2.45) is 5.92 Å². The number of esters is 1. The SMILES string of the molecule is CCOC(=O)c1cnc(=S)n(CCC(C)C)c1N. The number of nitrogen functional groups attached to an aromatic ring is 1. The Hall–Kier alpha value is -1.43. The minimum absolute atomic E-state index is 0.272. The van der Waals surface area contributed by atoms with Crippen LogP contribution < -0.4 is 5.73 Å². The lowest BCUT2D eigenvalue weighted by molar-refractivity contribution is 0.0526. The van der Waals surface area contributed by atoms with Crippen LogP contribution in [0.25, 0.3) is 0 Å². The zero-order valence-electron chi connectivity index (χ0n) is 11.0. The van der Waals surface area contributed by atoms with Crippen LogP contribution in [-0.4, -0.2) is 22.1 Å². The summed E-state index contributed by atoms with van der Waals surface area (Å²) in [6.07, 6.45) is 2.30. The number of rotatable bonds is 5. The van der Waals surface area contributed by atoms with Crippen LogP contribution in [0.1, 0.15) is 37.6 Å². The van der Waals surface area contributed by atoms with E-state index in [1.165, 1.54) is 6.20 Å². The van der Waals surface area contributed by atoms with E-state index in [1.807, 2.05) is 0 Å². The van der Waals surface area contributed by atoms with Gasteiger partial charge >= 0.3 is 5.97 Å². The molecule has 0 aromatic carbocycles. The molecule has 0 saturated heterocycles. The molecule has 2 N–H and O–H groups in total. The second kappa shape index (κ2) is 6.49. The Labute approximate surface area is 112 Å². The molecule has 0 atom stereocenters. The molecule has 0 bridgehead atoms. The topological polar surface area (TPSA) is 70.1 Å². The van der Waals surface area contributed by atoms with Gasteiger partial charge in [-0.1, -0.05) is 13.8 Å². The maximum atomic E-state index is 11.7. The maximum Gasteiger partial charge on any atom is 0.343 e. The number of hydrogen-bond donors (Lipinski definition) is 1. The van der Waals surface area contributed by atoms with Crippen molar-refractivity contribution in [3.8, 4) is 0 Å². The zero-order chi connectivity index (χ0) is 13.7. The summed E-state index contributed by atoms with van der Waals surface area (Å²) in [5.41, 5.74) is 6.23. The molecule has 0 aliphatic rings. The van der Waals surface area contributed by atoms with Gasteiger partial charge in [-0.05, 0) is 31.5 Å². The number of hydrogen-bond acceptors (Lipinski definition) is 5. The van der Waals surface area contributed by atoms with Crippen molar-refractivity contribution < 1.29 is 9.53 Å². The molecule has 18 heavy (non-hydrogen) atoms. The van der Waals surface area contributed by atoms with E-state index in [0.29, 0.717) is 29.7 Å². The molecule has 0 fully saturated rings. The second-order valence-corrected chi connectivity index (χ2v) is 4.76. The van der Waals surface area contributed by atoms with Gasteiger partial charge in [0.05, 0.1) is 6.61 Å². The standard InChI is InChI=1S/C12H19N3O2S/c1-4-17-11(16)9-7-14-12(18)15(10(9)13)6-5-8(2)3/h7-8H,4-6,13H2,1-3H3. The molecule has 0 radical (unpaired) electrons. The molecule has 0 spiro atoms. The molecule has 1 rings (SSSR count). The van der Waals surface area contributed by atoms with Gasteiger partial charge in [-0.25, -0.2) is 9.78 Å². The van der Waals surface area contributed by atoms with Gasteiger partial charge in [0.1, 0.15) is 11.4 Å². The van der Waals surface area contributed by atoms with Crippen molar-refractivity contribution in [1.82, 2.24) is 9.55 Å². The van der Waals surface area contributed by atoms with E-state index in [4.69, 9.17) is 22.7 Å². The maximum absolute atomic E-state index is 11.7. The molecule has 100 valence electrons. The smallest absolute Gasteiger partial charge is 0.343 e. The van der Waals surface area contributed by atoms with Crippen LogP contribution in [-0.2, 0) is 11.3 Å². The third kappa shape index (κ3) is 3.53. The van der Waals surface area contributed by atoms with Crippen LogP contribution in [0.2, 0.25) is 0 Å². The molecule has 1 aromatic rings. The van der Waals surface area contributed by atoms with E-state index in [9.17, 15) is 4.79 Å². The molecule has 0 amide bonds. The monoisotopic (exact) mass is 269 g/mol. The first kappa shape index (κ1) is 14.6. The first-order valence-electron chi connectivity index (χ1n) is 5.99. The summed E-state index contributed by atoms with van der Waals surface area (Å²) in [6, 6.07) is 0. The summed E-state index contributed by atoms with van der Waals surface area (Å²) in [7, 11) is 0. The Morgan fingerprint density at radius 1 is 1.61 bits per heavy atom. The van der Waals surface area contributed by atoms with Crippen molar-refractivity contribution in [2.75, 3.05) is 12.3 Å². The number of carbonyl (C=O) groups excluding carboxylic acids is 1. The molecule has 0 unspecified atom stereocenters. The van der Waals surface area contributed by atoms with Gasteiger partial charge in [-0.2, -0.15) is 0 Å². The van der Waals surface area contributed by atoms with Gasteiger partial charge in [0, 0.05) is 12.7 Å². The van der Waals surface area contributed by atoms with Gasteiger partial charge in [-0.3, -0.25) is 0 Å². The Morgan fingerprint density at radius 3 is 2.83 bits per heavy atom. The minimum Gasteiger partial charge on any atom is -0.462 e. The fraction of sp³-hybridized carbons (Fsp3) is 0.583. The van der Waals surface area contributed by atoms with Crippen LogP contribution in [0.5, 0.6) is 0 Å². The lowest BCUT2D eigenvalue weighted by Gasteiger charge is -2.14. The molecule has 5 nitrogen and oxygen atoms in total. The lowest BCUT2D eigenvalue weighted by atomic mass is 10.1. The van der Waals surface area contributed by atoms with Crippen LogP contribution in [0, 0.1) is 10.7 Å². The third-order valence-corrected chi connectivity index (χ3v) is 2.85. The molecular weight excluding hydrogens is 250 g/mol. The number of nitrogens with zero attached hydrogens (tertiary/aromatic N) is 2. The summed E-state index contributed by atoms with van der Waals surface area (Å²) in [5.74, 6) is 0.391. The molecule has 6 heteroatoms. The van der Waals surface area contributed by atoms with Crippen molar-refractivity contribution in [2.45, 2.75) is 33.7 Å². The van der Waals surface area contributed by atoms with Gasteiger partial charge < -0.3 is 15.0 Å². The fourth-order valence-corrected chi connectivity index (χ4v) is 1.72. The minimum atomic E-state index is -0.462. The molecule has 0 saturated carbocycles. The summed E-state index contributed by atoms with van der Waals surface area (Å²) >= 11 is 5.12. The Kier molecular flexibility index (Phi) is 5.27. The van der Waals surface area contributed by atoms with Gasteiger partial charge in [0.25, 0.3) is 0 Å². The number of anilines is 1. The van der Waals surface area contributed by atoms with Gasteiger partial charge in [-0.15, -0.1) is 0 Å². The first-order chi connectivity index (χ1) is 8.47. The Morgan fingerprint density at radius 2 is 2.28 bits per heavy atom. The van der Waals surface area contributed by atoms with Crippen molar-refractivity contribution in [3.63, 3.8) is 0 Å². The summed E-state index contributed by atoms with van der Waals surface area (Å²) in [6.45, 7) is 6.93. The van der Waals surface area contributed by atoms with E-state index < -0.39 is 5.97 Å². The van der Waals surface area contributed by atoms with Crippen molar-refractivity contribution in [3.05, 3.63) is 16.5 Å². The molecule has 0 aliphatic carbocycles. The molecule has 0 aliphatic heterocycles. The third-order valence-electron chi connectivity index (χ3n) is 2.53. The van der Waals surface area contributed by atoms with Crippen LogP contribution in [0.4, 0.5) is 5.82 Å². The van der Waals surface area contributed by atoms with E-state index in [2.05, 4.69) is 18.8 Å². The van der Waals surface area contributed by atoms with Crippen molar-refractivity contribution >= 4 is 24.0 Å². The highest BCUT2D eigenvalue weighted by atomic mass is 32.1. The Balaban J connectivity index is 3.06. The predicted octanol–water partition coefficient (Wildman–Crippen LogP) is 2.42. The van der Waals surface area contributed by atoms with Crippen LogP contribution in [0.3, 0.4) is 0 Å². The predicted molar refractivity (Wildman–Crippen MR) is 72.9 cm³/mol. The number of aromatic nitrogens is 2. The van der Waals surface area contributed by atoms with E-state index in [1.54, 1.807) is 11.5 Å². The van der Waals surface area contributed by atoms with Crippen molar-refractivity contribution in [1.29, 1.82) is 0 Å². The normalized spacial score (nSPS) is 10.7. The average Bonchev–Trinajstić information content (AvgIpc) is 2.28. The fourth-order valence-electron chi connectivity index (χ4n) is 1.47. The largest absolute Gasteiger partial charge is 0.462 e. The molecular formula is C12H19N3O2S. The van der Waals surface area contributed by atoms with Gasteiger partial charge in [0.2, 0.25) is 4.77 Å². The highest BCUT2D eigenvalue weighted by Crippen LogP contribution is 2.14. The van der Waals surface area contributed by atoms with E-state index >= 15 is 0 Å². The zero-order valence-corrected chi connectivity index (χ0v) is 11.8. The first-order valence-corrected chi connectivity index (χ1v) is 6.40. The average molecular weight is 269 g/mol. The number of nitrogens with two attached hydrogens (primary N) is 1. The van der Waals surface area contributed by atoms with E-state index in [-0.39, 0.29) is 5.56 Å². The summed E-state index contributed by atoms with van der Waals surface area (Å²) in [4.78, 5) is 15.7. The van der Waals surface area contributed by atoms with Gasteiger partial charge in [0.15, 0.2) is 0 Å².